The molecule has 0 saturated carbocycles. The zero-order chi connectivity index (χ0) is 19.3. The van der Waals surface area contributed by atoms with Crippen molar-refractivity contribution in [2.45, 2.75) is 18.7 Å². The highest BCUT2D eigenvalue weighted by molar-refractivity contribution is 7.89. The van der Waals surface area contributed by atoms with Crippen LogP contribution in [0.5, 0.6) is 11.5 Å². The van der Waals surface area contributed by atoms with Gasteiger partial charge in [-0.3, -0.25) is 4.79 Å². The zero-order valence-electron chi connectivity index (χ0n) is 15.1. The van der Waals surface area contributed by atoms with Crippen molar-refractivity contribution >= 4 is 21.6 Å². The second kappa shape index (κ2) is 8.20. The maximum atomic E-state index is 12.4. The lowest BCUT2D eigenvalue weighted by Crippen LogP contribution is -2.33. The minimum atomic E-state index is -3.80. The minimum absolute atomic E-state index is 0.157. The number of rotatable bonds is 7. The quantitative estimate of drug-likeness (QED) is 0.771. The van der Waals surface area contributed by atoms with Crippen LogP contribution in [0.4, 0.5) is 5.69 Å². The first kappa shape index (κ1) is 19.7. The first-order chi connectivity index (χ1) is 12.3. The number of nitrogens with one attached hydrogen (secondary N) is 2. The number of methoxy groups -OCH3 is 2. The Morgan fingerprint density at radius 2 is 1.77 bits per heavy atom. The Morgan fingerprint density at radius 1 is 1.04 bits per heavy atom. The summed E-state index contributed by atoms with van der Waals surface area (Å²) in [6, 6.07) is 10.1. The van der Waals surface area contributed by atoms with Crippen molar-refractivity contribution in [1.29, 1.82) is 0 Å². The molecular formula is C18H22N2O5S. The molecule has 0 spiro atoms. The summed E-state index contributed by atoms with van der Waals surface area (Å²) in [6.45, 7) is 3.10. The predicted octanol–water partition coefficient (Wildman–Crippen LogP) is 2.24. The molecule has 0 atom stereocenters. The highest BCUT2D eigenvalue weighted by Crippen LogP contribution is 2.28. The second-order valence-electron chi connectivity index (χ2n) is 5.71. The molecule has 0 aliphatic carbocycles. The van der Waals surface area contributed by atoms with Crippen LogP contribution in [0.15, 0.2) is 41.3 Å². The van der Waals surface area contributed by atoms with E-state index in [-0.39, 0.29) is 4.90 Å². The molecule has 26 heavy (non-hydrogen) atoms. The Hall–Kier alpha value is -2.58. The Morgan fingerprint density at radius 3 is 2.42 bits per heavy atom. The van der Waals surface area contributed by atoms with E-state index in [1.165, 1.54) is 14.2 Å². The van der Waals surface area contributed by atoms with E-state index in [0.29, 0.717) is 22.7 Å². The van der Waals surface area contributed by atoms with E-state index in [4.69, 9.17) is 9.47 Å². The van der Waals surface area contributed by atoms with Crippen molar-refractivity contribution in [1.82, 2.24) is 4.72 Å². The number of carbonyl (C=O) groups excluding carboxylic acids is 1. The van der Waals surface area contributed by atoms with Gasteiger partial charge in [0.05, 0.1) is 31.3 Å². The molecule has 0 bridgehead atoms. The molecule has 0 aliphatic heterocycles. The van der Waals surface area contributed by atoms with Crippen LogP contribution in [0.2, 0.25) is 0 Å². The molecule has 8 heteroatoms. The van der Waals surface area contributed by atoms with Gasteiger partial charge < -0.3 is 14.8 Å². The van der Waals surface area contributed by atoms with Gasteiger partial charge in [0.25, 0.3) is 0 Å². The fraction of sp³-hybridized carbons (Fsp3) is 0.278. The molecule has 0 aliphatic rings. The lowest BCUT2D eigenvalue weighted by Gasteiger charge is -2.13. The Balaban J connectivity index is 2.10. The van der Waals surface area contributed by atoms with Crippen molar-refractivity contribution in [2.24, 2.45) is 0 Å². The van der Waals surface area contributed by atoms with Gasteiger partial charge in [0.15, 0.2) is 0 Å². The van der Waals surface area contributed by atoms with Gasteiger partial charge in [-0.1, -0.05) is 12.1 Å². The van der Waals surface area contributed by atoms with Gasteiger partial charge in [0.2, 0.25) is 15.9 Å². The van der Waals surface area contributed by atoms with Gasteiger partial charge in [-0.2, -0.15) is 0 Å². The summed E-state index contributed by atoms with van der Waals surface area (Å²) in [6.07, 6.45) is 0. The topological polar surface area (TPSA) is 93.7 Å². The summed E-state index contributed by atoms with van der Waals surface area (Å²) in [5.74, 6) is 0.457. The van der Waals surface area contributed by atoms with Crippen LogP contribution in [-0.4, -0.2) is 35.1 Å². The number of aryl methyl sites for hydroxylation is 2. The van der Waals surface area contributed by atoms with Crippen LogP contribution in [0.25, 0.3) is 0 Å². The molecule has 0 radical (unpaired) electrons. The normalized spacial score (nSPS) is 11.1. The standard InChI is InChI=1S/C18H22N2O5S/c1-12-5-6-13(2)17(9-12)26(22,23)19-11-18(21)20-15-10-14(24-3)7-8-16(15)25-4/h5-10,19H,11H2,1-4H3,(H,20,21). The number of ether oxygens (including phenoxy) is 2. The number of benzene rings is 2. The summed E-state index contributed by atoms with van der Waals surface area (Å²) >= 11 is 0. The number of sulfonamides is 1. The van der Waals surface area contributed by atoms with Gasteiger partial charge >= 0.3 is 0 Å². The average molecular weight is 378 g/mol. The first-order valence-corrected chi connectivity index (χ1v) is 9.34. The SMILES string of the molecule is COc1ccc(OC)c(NC(=O)CNS(=O)(=O)c2cc(C)ccc2C)c1. The second-order valence-corrected chi connectivity index (χ2v) is 7.44. The highest BCUT2D eigenvalue weighted by atomic mass is 32.2. The van der Waals surface area contributed by atoms with Crippen LogP contribution in [0.1, 0.15) is 11.1 Å². The van der Waals surface area contributed by atoms with Gasteiger partial charge in [-0.15, -0.1) is 0 Å². The van der Waals surface area contributed by atoms with Crippen molar-refractivity contribution in [3.8, 4) is 11.5 Å². The highest BCUT2D eigenvalue weighted by Gasteiger charge is 2.18. The van der Waals surface area contributed by atoms with Gasteiger partial charge in [0.1, 0.15) is 11.5 Å². The lowest BCUT2D eigenvalue weighted by molar-refractivity contribution is -0.115. The van der Waals surface area contributed by atoms with Crippen LogP contribution in [-0.2, 0) is 14.8 Å². The maximum Gasteiger partial charge on any atom is 0.241 e. The first-order valence-electron chi connectivity index (χ1n) is 7.85. The monoisotopic (exact) mass is 378 g/mol. The molecular weight excluding hydrogens is 356 g/mol. The van der Waals surface area contributed by atoms with Crippen molar-refractivity contribution < 1.29 is 22.7 Å². The van der Waals surface area contributed by atoms with E-state index in [1.807, 2.05) is 6.07 Å². The third-order valence-electron chi connectivity index (χ3n) is 3.74. The zero-order valence-corrected chi connectivity index (χ0v) is 15.9. The average Bonchev–Trinajstić information content (AvgIpc) is 2.62. The van der Waals surface area contributed by atoms with E-state index >= 15 is 0 Å². The number of carbonyl (C=O) groups is 1. The fourth-order valence-corrected chi connectivity index (χ4v) is 3.65. The Kier molecular flexibility index (Phi) is 6.23. The summed E-state index contributed by atoms with van der Waals surface area (Å²) < 4.78 is 37.5. The van der Waals surface area contributed by atoms with E-state index in [0.717, 1.165) is 5.56 Å². The van der Waals surface area contributed by atoms with Gasteiger partial charge in [-0.25, -0.2) is 13.1 Å². The van der Waals surface area contributed by atoms with E-state index < -0.39 is 22.5 Å². The van der Waals surface area contributed by atoms with Gasteiger partial charge in [-0.05, 0) is 43.2 Å². The van der Waals surface area contributed by atoms with E-state index in [1.54, 1.807) is 44.2 Å². The Labute approximate surface area is 153 Å². The smallest absolute Gasteiger partial charge is 0.241 e. The third-order valence-corrected chi connectivity index (χ3v) is 5.28. The summed E-state index contributed by atoms with van der Waals surface area (Å²) in [4.78, 5) is 12.3. The number of anilines is 1. The van der Waals surface area contributed by atoms with E-state index in [2.05, 4.69) is 10.0 Å². The third kappa shape index (κ3) is 4.74. The number of amides is 1. The molecule has 1 amide bonds. The molecule has 0 saturated heterocycles. The minimum Gasteiger partial charge on any atom is -0.497 e. The molecule has 0 aromatic heterocycles. The molecule has 0 unspecified atom stereocenters. The molecule has 2 N–H and O–H groups in total. The fourth-order valence-electron chi connectivity index (χ4n) is 2.34. The molecule has 2 rings (SSSR count). The molecule has 0 heterocycles. The van der Waals surface area contributed by atoms with Crippen LogP contribution in [0, 0.1) is 13.8 Å². The molecule has 0 fully saturated rings. The Bertz CT molecular complexity index is 910. The van der Waals surface area contributed by atoms with Crippen molar-refractivity contribution in [3.63, 3.8) is 0 Å². The van der Waals surface area contributed by atoms with Crippen LogP contribution < -0.4 is 19.5 Å². The van der Waals surface area contributed by atoms with Crippen molar-refractivity contribution in [2.75, 3.05) is 26.1 Å². The van der Waals surface area contributed by atoms with Crippen LogP contribution in [0.3, 0.4) is 0 Å². The van der Waals surface area contributed by atoms with Crippen LogP contribution >= 0.6 is 0 Å². The molecule has 140 valence electrons. The summed E-state index contributed by atoms with van der Waals surface area (Å²) in [7, 11) is -0.818. The molecule has 7 nitrogen and oxygen atoms in total. The predicted molar refractivity (Wildman–Crippen MR) is 99.3 cm³/mol. The number of hydrogen-bond donors (Lipinski definition) is 2. The van der Waals surface area contributed by atoms with Gasteiger partial charge in [0, 0.05) is 6.07 Å². The maximum absolute atomic E-state index is 12.4. The van der Waals surface area contributed by atoms with E-state index in [9.17, 15) is 13.2 Å². The largest absolute Gasteiger partial charge is 0.497 e. The molecule has 2 aromatic rings. The number of hydrogen-bond acceptors (Lipinski definition) is 5. The van der Waals surface area contributed by atoms with Crippen molar-refractivity contribution in [3.05, 3.63) is 47.5 Å². The lowest BCUT2D eigenvalue weighted by atomic mass is 10.2. The summed E-state index contributed by atoms with van der Waals surface area (Å²) in [5.41, 5.74) is 1.82. The molecule has 2 aromatic carbocycles. The summed E-state index contributed by atoms with van der Waals surface area (Å²) in [5, 5.41) is 2.62.